The molecule has 2 aliphatic rings. The highest BCUT2D eigenvalue weighted by molar-refractivity contribution is 5.87. The Balaban J connectivity index is 2.01. The lowest BCUT2D eigenvalue weighted by Gasteiger charge is -2.35. The summed E-state index contributed by atoms with van der Waals surface area (Å²) in [6.45, 7) is 0.770. The van der Waals surface area contributed by atoms with Gasteiger partial charge >= 0.3 is 6.09 Å². The van der Waals surface area contributed by atoms with Crippen LogP contribution in [-0.2, 0) is 19.0 Å². The topological polar surface area (TPSA) is 85.3 Å². The summed E-state index contributed by atoms with van der Waals surface area (Å²) < 4.78 is 14.6. The van der Waals surface area contributed by atoms with Crippen molar-refractivity contribution in [2.75, 3.05) is 33.4 Å². The molecule has 0 aromatic heterocycles. The molecule has 2 rings (SSSR count). The summed E-state index contributed by atoms with van der Waals surface area (Å²) in [5, 5.41) is 9.97. The molecule has 2 aliphatic heterocycles. The van der Waals surface area contributed by atoms with Gasteiger partial charge in [0, 0.05) is 6.54 Å². The molecule has 0 bridgehead atoms. The second-order valence-corrected chi connectivity index (χ2v) is 4.03. The first-order chi connectivity index (χ1) is 8.07. The fourth-order valence-electron chi connectivity index (χ4n) is 2.11. The molecule has 1 N–H and O–H groups in total. The second-order valence-electron chi connectivity index (χ2n) is 4.03. The highest BCUT2D eigenvalue weighted by Crippen LogP contribution is 2.31. The summed E-state index contributed by atoms with van der Waals surface area (Å²) in [7, 11) is 1.26. The van der Waals surface area contributed by atoms with E-state index in [4.69, 9.17) is 9.47 Å². The standard InChI is InChI=1S/C10H15NO6/c1-15-9(13)11-3-2-7(8(12)6-11)10(14)16-4-5-17-10/h7,14H,2-6H2,1H3. The van der Waals surface area contributed by atoms with Crippen molar-refractivity contribution in [1.82, 2.24) is 4.90 Å². The van der Waals surface area contributed by atoms with E-state index in [9.17, 15) is 14.7 Å². The number of Topliss-reactive ketones (excluding diaryl/α,β-unsaturated/α-hetero) is 1. The van der Waals surface area contributed by atoms with E-state index in [2.05, 4.69) is 4.74 Å². The van der Waals surface area contributed by atoms with Crippen molar-refractivity contribution in [1.29, 1.82) is 0 Å². The average molecular weight is 245 g/mol. The number of ketones is 1. The van der Waals surface area contributed by atoms with Gasteiger partial charge < -0.3 is 24.2 Å². The molecule has 0 saturated carbocycles. The van der Waals surface area contributed by atoms with Gasteiger partial charge in [-0.15, -0.1) is 0 Å². The number of nitrogens with zero attached hydrogens (tertiary/aromatic N) is 1. The molecule has 17 heavy (non-hydrogen) atoms. The maximum Gasteiger partial charge on any atom is 0.409 e. The lowest BCUT2D eigenvalue weighted by atomic mass is 9.93. The number of amides is 1. The molecule has 2 heterocycles. The molecule has 0 spiro atoms. The van der Waals surface area contributed by atoms with Crippen LogP contribution < -0.4 is 0 Å². The fraction of sp³-hybridized carbons (Fsp3) is 0.800. The van der Waals surface area contributed by atoms with Crippen LogP contribution in [0, 0.1) is 5.92 Å². The quantitative estimate of drug-likeness (QED) is 0.660. The molecule has 1 unspecified atom stereocenters. The van der Waals surface area contributed by atoms with Crippen molar-refractivity contribution in [3.63, 3.8) is 0 Å². The van der Waals surface area contributed by atoms with Crippen LogP contribution in [0.1, 0.15) is 6.42 Å². The maximum atomic E-state index is 11.8. The first kappa shape index (κ1) is 12.3. The van der Waals surface area contributed by atoms with E-state index >= 15 is 0 Å². The van der Waals surface area contributed by atoms with Crippen molar-refractivity contribution in [2.45, 2.75) is 12.4 Å². The van der Waals surface area contributed by atoms with Crippen LogP contribution in [0.4, 0.5) is 4.79 Å². The monoisotopic (exact) mass is 245 g/mol. The Morgan fingerprint density at radius 3 is 2.71 bits per heavy atom. The summed E-state index contributed by atoms with van der Waals surface area (Å²) in [5.41, 5.74) is 0. The van der Waals surface area contributed by atoms with Crippen LogP contribution in [0.3, 0.4) is 0 Å². The van der Waals surface area contributed by atoms with Gasteiger partial charge in [-0.2, -0.15) is 0 Å². The Hall–Kier alpha value is -1.18. The van der Waals surface area contributed by atoms with Gasteiger partial charge in [0.05, 0.1) is 26.9 Å². The number of hydrogen-bond acceptors (Lipinski definition) is 6. The zero-order valence-corrected chi connectivity index (χ0v) is 9.55. The Morgan fingerprint density at radius 1 is 1.53 bits per heavy atom. The SMILES string of the molecule is COC(=O)N1CCC(C2(O)OCCO2)C(=O)C1. The first-order valence-corrected chi connectivity index (χ1v) is 5.43. The van der Waals surface area contributed by atoms with Crippen molar-refractivity contribution < 1.29 is 28.9 Å². The number of piperidine rings is 1. The van der Waals surface area contributed by atoms with Crippen molar-refractivity contribution >= 4 is 11.9 Å². The van der Waals surface area contributed by atoms with Crippen LogP contribution >= 0.6 is 0 Å². The van der Waals surface area contributed by atoms with Crippen LogP contribution in [0.15, 0.2) is 0 Å². The van der Waals surface area contributed by atoms with E-state index in [0.717, 1.165) is 0 Å². The number of carbonyl (C=O) groups is 2. The Bertz CT molecular complexity index is 325. The van der Waals surface area contributed by atoms with Crippen LogP contribution in [0.2, 0.25) is 0 Å². The number of ether oxygens (including phenoxy) is 3. The molecular weight excluding hydrogens is 230 g/mol. The first-order valence-electron chi connectivity index (χ1n) is 5.43. The molecule has 1 atom stereocenters. The van der Waals surface area contributed by atoms with Crippen LogP contribution in [0.5, 0.6) is 0 Å². The molecule has 0 aromatic carbocycles. The third-order valence-corrected chi connectivity index (χ3v) is 3.00. The van der Waals surface area contributed by atoms with Gasteiger partial charge in [0.2, 0.25) is 0 Å². The molecule has 7 heteroatoms. The molecule has 1 amide bonds. The normalized spacial score (nSPS) is 28.2. The molecule has 2 fully saturated rings. The Kier molecular flexibility index (Phi) is 3.32. The number of carbonyl (C=O) groups excluding carboxylic acids is 2. The van der Waals surface area contributed by atoms with Crippen molar-refractivity contribution in [2.24, 2.45) is 5.92 Å². The number of hydrogen-bond donors (Lipinski definition) is 1. The minimum Gasteiger partial charge on any atom is -0.453 e. The summed E-state index contributed by atoms with van der Waals surface area (Å²) in [6.07, 6.45) is -0.248. The van der Waals surface area contributed by atoms with Gasteiger partial charge in [0.15, 0.2) is 5.78 Å². The van der Waals surface area contributed by atoms with Crippen LogP contribution in [0.25, 0.3) is 0 Å². The lowest BCUT2D eigenvalue weighted by molar-refractivity contribution is -0.330. The van der Waals surface area contributed by atoms with Gasteiger partial charge in [0.25, 0.3) is 5.97 Å². The maximum absolute atomic E-state index is 11.8. The number of aliphatic hydroxyl groups is 1. The Morgan fingerprint density at radius 2 is 2.18 bits per heavy atom. The minimum atomic E-state index is -1.82. The molecule has 0 aromatic rings. The van der Waals surface area contributed by atoms with Crippen LogP contribution in [-0.4, -0.2) is 61.3 Å². The summed E-state index contributed by atoms with van der Waals surface area (Å²) in [6, 6.07) is 0. The molecule has 0 radical (unpaired) electrons. The summed E-state index contributed by atoms with van der Waals surface area (Å²) >= 11 is 0. The summed E-state index contributed by atoms with van der Waals surface area (Å²) in [4.78, 5) is 24.4. The van der Waals surface area contributed by atoms with E-state index in [1.165, 1.54) is 12.0 Å². The van der Waals surface area contributed by atoms with E-state index in [-0.39, 0.29) is 25.5 Å². The third kappa shape index (κ3) is 2.26. The van der Waals surface area contributed by atoms with Crippen molar-refractivity contribution in [3.8, 4) is 0 Å². The predicted octanol–water partition coefficient (Wildman–Crippen LogP) is -0.663. The lowest BCUT2D eigenvalue weighted by Crippen LogP contribution is -2.53. The average Bonchev–Trinajstić information content (AvgIpc) is 2.75. The largest absolute Gasteiger partial charge is 0.453 e. The predicted molar refractivity (Wildman–Crippen MR) is 53.9 cm³/mol. The summed E-state index contributed by atoms with van der Waals surface area (Å²) in [5.74, 6) is -2.85. The molecule has 7 nitrogen and oxygen atoms in total. The van der Waals surface area contributed by atoms with E-state index < -0.39 is 18.0 Å². The second kappa shape index (κ2) is 4.59. The van der Waals surface area contributed by atoms with Gasteiger partial charge in [-0.25, -0.2) is 4.79 Å². The number of likely N-dealkylation sites (tertiary alicyclic amines) is 1. The molecule has 96 valence electrons. The number of rotatable bonds is 1. The Labute approximate surface area is 98.2 Å². The van der Waals surface area contributed by atoms with Gasteiger partial charge in [-0.3, -0.25) is 4.79 Å². The zero-order valence-electron chi connectivity index (χ0n) is 9.55. The molecule has 2 saturated heterocycles. The smallest absolute Gasteiger partial charge is 0.409 e. The van der Waals surface area contributed by atoms with Crippen molar-refractivity contribution in [3.05, 3.63) is 0 Å². The highest BCUT2D eigenvalue weighted by atomic mass is 16.8. The zero-order chi connectivity index (χ0) is 12.5. The highest BCUT2D eigenvalue weighted by Gasteiger charge is 2.49. The minimum absolute atomic E-state index is 0.0909. The fourth-order valence-corrected chi connectivity index (χ4v) is 2.11. The molecule has 0 aliphatic carbocycles. The van der Waals surface area contributed by atoms with Gasteiger partial charge in [0.1, 0.15) is 5.92 Å². The third-order valence-electron chi connectivity index (χ3n) is 3.00. The van der Waals surface area contributed by atoms with Gasteiger partial charge in [-0.1, -0.05) is 0 Å². The molecular formula is C10H15NO6. The van der Waals surface area contributed by atoms with Gasteiger partial charge in [-0.05, 0) is 6.42 Å². The van der Waals surface area contributed by atoms with E-state index in [1.54, 1.807) is 0 Å². The van der Waals surface area contributed by atoms with E-state index in [0.29, 0.717) is 13.0 Å². The number of methoxy groups -OCH3 is 1. The van der Waals surface area contributed by atoms with E-state index in [1.807, 2.05) is 0 Å².